The molecule has 0 N–H and O–H groups in total. The van der Waals surface area contributed by atoms with Crippen LogP contribution in [0.1, 0.15) is 30.0 Å². The molecular formula is C11H14N2. The molecule has 0 amide bonds. The first-order valence-corrected chi connectivity index (χ1v) is 5.12. The molecule has 0 aliphatic carbocycles. The lowest BCUT2D eigenvalue weighted by Gasteiger charge is -2.31. The van der Waals surface area contributed by atoms with E-state index in [4.69, 9.17) is 0 Å². The Balaban J connectivity index is 2.06. The average Bonchev–Trinajstić information content (AvgIpc) is 2.65. The van der Waals surface area contributed by atoms with Crippen LogP contribution in [0.3, 0.4) is 0 Å². The number of nitrogens with zero attached hydrogens (tertiary/aromatic N) is 2. The van der Waals surface area contributed by atoms with Gasteiger partial charge in [-0.25, -0.2) is 0 Å². The molecule has 68 valence electrons. The SMILES string of the molecule is c1cc2c(cn1)[C@@H]1CCCN1CC2. The van der Waals surface area contributed by atoms with Crippen LogP contribution in [0.15, 0.2) is 18.5 Å². The minimum Gasteiger partial charge on any atom is -0.296 e. The van der Waals surface area contributed by atoms with Crippen molar-refractivity contribution >= 4 is 0 Å². The molecule has 1 saturated heterocycles. The van der Waals surface area contributed by atoms with Crippen molar-refractivity contribution in [1.82, 2.24) is 9.88 Å². The van der Waals surface area contributed by atoms with E-state index in [1.807, 2.05) is 6.20 Å². The Morgan fingerprint density at radius 1 is 1.38 bits per heavy atom. The molecule has 2 aliphatic heterocycles. The highest BCUT2D eigenvalue weighted by molar-refractivity contribution is 5.30. The lowest BCUT2D eigenvalue weighted by Crippen LogP contribution is -2.30. The molecule has 1 aromatic rings. The van der Waals surface area contributed by atoms with Gasteiger partial charge in [0.15, 0.2) is 0 Å². The van der Waals surface area contributed by atoms with Gasteiger partial charge in [0.25, 0.3) is 0 Å². The van der Waals surface area contributed by atoms with Gasteiger partial charge in [-0.2, -0.15) is 0 Å². The van der Waals surface area contributed by atoms with Gasteiger partial charge in [0.1, 0.15) is 0 Å². The Kier molecular flexibility index (Phi) is 1.62. The fraction of sp³-hybridized carbons (Fsp3) is 0.545. The largest absolute Gasteiger partial charge is 0.296 e. The molecule has 0 saturated carbocycles. The molecular weight excluding hydrogens is 160 g/mol. The zero-order valence-corrected chi connectivity index (χ0v) is 7.74. The Hall–Kier alpha value is -0.890. The molecule has 2 nitrogen and oxygen atoms in total. The first-order valence-electron chi connectivity index (χ1n) is 5.12. The smallest absolute Gasteiger partial charge is 0.0366 e. The number of pyridine rings is 1. The highest BCUT2D eigenvalue weighted by Gasteiger charge is 2.30. The summed E-state index contributed by atoms with van der Waals surface area (Å²) in [5.41, 5.74) is 3.02. The summed E-state index contributed by atoms with van der Waals surface area (Å²) in [6.45, 7) is 2.54. The topological polar surface area (TPSA) is 16.1 Å². The molecule has 0 bridgehead atoms. The van der Waals surface area contributed by atoms with E-state index in [-0.39, 0.29) is 0 Å². The van der Waals surface area contributed by atoms with Gasteiger partial charge in [-0.3, -0.25) is 9.88 Å². The highest BCUT2D eigenvalue weighted by atomic mass is 15.2. The molecule has 0 radical (unpaired) electrons. The summed E-state index contributed by atoms with van der Waals surface area (Å²) in [5, 5.41) is 0. The first-order chi connectivity index (χ1) is 6.45. The van der Waals surface area contributed by atoms with E-state index < -0.39 is 0 Å². The fourth-order valence-electron chi connectivity index (χ4n) is 2.67. The summed E-state index contributed by atoms with van der Waals surface area (Å²) in [6, 6.07) is 2.88. The van der Waals surface area contributed by atoms with E-state index in [1.165, 1.54) is 43.5 Å². The van der Waals surface area contributed by atoms with Crippen LogP contribution in [0.4, 0.5) is 0 Å². The standard InChI is InChI=1S/C11H14N2/c1-2-11-10-8-12-5-3-9(10)4-7-13(11)6-1/h3,5,8,11H,1-2,4,6-7H2/t11-/m0/s1. The lowest BCUT2D eigenvalue weighted by molar-refractivity contribution is 0.243. The quantitative estimate of drug-likeness (QED) is 0.596. The maximum Gasteiger partial charge on any atom is 0.0366 e. The number of hydrogen-bond donors (Lipinski definition) is 0. The van der Waals surface area contributed by atoms with Crippen LogP contribution in [0.2, 0.25) is 0 Å². The van der Waals surface area contributed by atoms with Crippen LogP contribution in [0.25, 0.3) is 0 Å². The minimum atomic E-state index is 0.692. The zero-order valence-electron chi connectivity index (χ0n) is 7.74. The van der Waals surface area contributed by atoms with Crippen molar-refractivity contribution in [2.75, 3.05) is 13.1 Å². The molecule has 2 aliphatic rings. The van der Waals surface area contributed by atoms with E-state index in [0.717, 1.165) is 0 Å². The monoisotopic (exact) mass is 174 g/mol. The van der Waals surface area contributed by atoms with Gasteiger partial charge in [-0.05, 0) is 43.0 Å². The van der Waals surface area contributed by atoms with Crippen molar-refractivity contribution in [3.63, 3.8) is 0 Å². The zero-order chi connectivity index (χ0) is 8.67. The molecule has 3 rings (SSSR count). The van der Waals surface area contributed by atoms with E-state index in [1.54, 1.807) is 0 Å². The summed E-state index contributed by atoms with van der Waals surface area (Å²) < 4.78 is 0. The number of hydrogen-bond acceptors (Lipinski definition) is 2. The summed E-state index contributed by atoms with van der Waals surface area (Å²) in [5.74, 6) is 0. The van der Waals surface area contributed by atoms with Gasteiger partial charge < -0.3 is 0 Å². The third-order valence-corrected chi connectivity index (χ3v) is 3.34. The summed E-state index contributed by atoms with van der Waals surface area (Å²) in [4.78, 5) is 6.83. The van der Waals surface area contributed by atoms with Gasteiger partial charge >= 0.3 is 0 Å². The molecule has 1 atom stereocenters. The van der Waals surface area contributed by atoms with E-state index >= 15 is 0 Å². The molecule has 0 unspecified atom stereocenters. The average molecular weight is 174 g/mol. The van der Waals surface area contributed by atoms with Crippen molar-refractivity contribution < 1.29 is 0 Å². The number of aromatic nitrogens is 1. The van der Waals surface area contributed by atoms with Crippen molar-refractivity contribution in [3.8, 4) is 0 Å². The van der Waals surface area contributed by atoms with Crippen molar-refractivity contribution in [3.05, 3.63) is 29.6 Å². The fourth-order valence-corrected chi connectivity index (χ4v) is 2.67. The third-order valence-electron chi connectivity index (χ3n) is 3.34. The molecule has 2 heteroatoms. The van der Waals surface area contributed by atoms with Crippen molar-refractivity contribution in [1.29, 1.82) is 0 Å². The Morgan fingerprint density at radius 2 is 2.38 bits per heavy atom. The Bertz CT molecular complexity index is 322. The van der Waals surface area contributed by atoms with Crippen molar-refractivity contribution in [2.24, 2.45) is 0 Å². The van der Waals surface area contributed by atoms with Gasteiger partial charge in [-0.15, -0.1) is 0 Å². The maximum absolute atomic E-state index is 4.23. The third kappa shape index (κ3) is 1.09. The summed E-state index contributed by atoms with van der Waals surface area (Å²) in [7, 11) is 0. The van der Waals surface area contributed by atoms with Crippen LogP contribution >= 0.6 is 0 Å². The normalized spacial score (nSPS) is 26.9. The second-order valence-electron chi connectivity index (χ2n) is 4.02. The predicted molar refractivity (Wildman–Crippen MR) is 51.5 cm³/mol. The van der Waals surface area contributed by atoms with Crippen LogP contribution in [-0.2, 0) is 6.42 Å². The molecule has 13 heavy (non-hydrogen) atoms. The predicted octanol–water partition coefficient (Wildman–Crippen LogP) is 1.77. The van der Waals surface area contributed by atoms with Crippen LogP contribution in [0.5, 0.6) is 0 Å². The lowest BCUT2D eigenvalue weighted by atomic mass is 9.95. The molecule has 0 spiro atoms. The molecule has 0 aromatic carbocycles. The van der Waals surface area contributed by atoms with Gasteiger partial charge in [0, 0.05) is 25.0 Å². The van der Waals surface area contributed by atoms with Gasteiger partial charge in [0.2, 0.25) is 0 Å². The van der Waals surface area contributed by atoms with Gasteiger partial charge in [0.05, 0.1) is 0 Å². The van der Waals surface area contributed by atoms with E-state index in [9.17, 15) is 0 Å². The first kappa shape index (κ1) is 7.51. The van der Waals surface area contributed by atoms with Crippen LogP contribution in [0, 0.1) is 0 Å². The minimum absolute atomic E-state index is 0.692. The molecule has 1 aromatic heterocycles. The second-order valence-corrected chi connectivity index (χ2v) is 4.02. The molecule has 3 heterocycles. The highest BCUT2D eigenvalue weighted by Crippen LogP contribution is 2.36. The second kappa shape index (κ2) is 2.81. The van der Waals surface area contributed by atoms with Crippen LogP contribution < -0.4 is 0 Å². The van der Waals surface area contributed by atoms with E-state index in [0.29, 0.717) is 6.04 Å². The number of rotatable bonds is 0. The Morgan fingerprint density at radius 3 is 3.38 bits per heavy atom. The van der Waals surface area contributed by atoms with Gasteiger partial charge in [-0.1, -0.05) is 0 Å². The van der Waals surface area contributed by atoms with Crippen LogP contribution in [-0.4, -0.2) is 23.0 Å². The van der Waals surface area contributed by atoms with E-state index in [2.05, 4.69) is 22.1 Å². The number of fused-ring (bicyclic) bond motifs is 3. The summed E-state index contributed by atoms with van der Waals surface area (Å²) in [6.07, 6.45) is 7.90. The Labute approximate surface area is 78.6 Å². The summed E-state index contributed by atoms with van der Waals surface area (Å²) >= 11 is 0. The van der Waals surface area contributed by atoms with Crippen molar-refractivity contribution in [2.45, 2.75) is 25.3 Å². The maximum atomic E-state index is 4.23. The molecule has 1 fully saturated rings.